The van der Waals surface area contributed by atoms with Gasteiger partial charge in [-0.05, 0) is 47.0 Å². The van der Waals surface area contributed by atoms with Crippen LogP contribution in [0, 0.1) is 0 Å². The fraction of sp³-hybridized carbons (Fsp3) is 0.300. The Balaban J connectivity index is 1.47. The molecule has 1 aromatic heterocycles. The third-order valence-electron chi connectivity index (χ3n) is 4.68. The minimum atomic E-state index is 0.188. The Kier molecular flexibility index (Phi) is 4.14. The lowest BCUT2D eigenvalue weighted by atomic mass is 9.89. The number of hydrogen-bond acceptors (Lipinski definition) is 3. The van der Waals surface area contributed by atoms with Gasteiger partial charge in [-0.3, -0.25) is 0 Å². The van der Waals surface area contributed by atoms with Crippen molar-refractivity contribution in [2.24, 2.45) is 0 Å². The summed E-state index contributed by atoms with van der Waals surface area (Å²) in [6.45, 7) is 2.57. The number of benzene rings is 2. The Morgan fingerprint density at radius 3 is 2.87 bits per heavy atom. The van der Waals surface area contributed by atoms with E-state index in [1.165, 1.54) is 21.9 Å². The van der Waals surface area contributed by atoms with Crippen LogP contribution in [0.15, 0.2) is 65.5 Å². The van der Waals surface area contributed by atoms with Gasteiger partial charge in [0, 0.05) is 12.5 Å². The molecule has 0 spiro atoms. The van der Waals surface area contributed by atoms with Crippen molar-refractivity contribution < 1.29 is 9.15 Å². The summed E-state index contributed by atoms with van der Waals surface area (Å²) in [5.41, 5.74) is 2.47. The Labute approximate surface area is 136 Å². The normalized spacial score (nSPS) is 21.6. The fourth-order valence-electron chi connectivity index (χ4n) is 3.40. The Morgan fingerprint density at radius 2 is 2.00 bits per heavy atom. The van der Waals surface area contributed by atoms with E-state index in [1.54, 1.807) is 6.26 Å². The average molecular weight is 307 g/mol. The second kappa shape index (κ2) is 6.57. The number of hydrogen-bond donors (Lipinski definition) is 1. The van der Waals surface area contributed by atoms with Gasteiger partial charge >= 0.3 is 0 Å². The molecular formula is C20H21NO2. The molecule has 2 aromatic carbocycles. The average Bonchev–Trinajstić information content (AvgIpc) is 3.14. The fourth-order valence-corrected chi connectivity index (χ4v) is 3.40. The van der Waals surface area contributed by atoms with Crippen LogP contribution in [0.25, 0.3) is 10.8 Å². The van der Waals surface area contributed by atoms with Crippen LogP contribution in [0.2, 0.25) is 0 Å². The van der Waals surface area contributed by atoms with Crippen molar-refractivity contribution in [3.63, 3.8) is 0 Å². The number of nitrogens with one attached hydrogen (secondary N) is 1. The van der Waals surface area contributed by atoms with Gasteiger partial charge in [0.15, 0.2) is 0 Å². The van der Waals surface area contributed by atoms with Crippen LogP contribution in [-0.4, -0.2) is 19.2 Å². The lowest BCUT2D eigenvalue weighted by molar-refractivity contribution is 0.0105. The van der Waals surface area contributed by atoms with E-state index in [0.29, 0.717) is 12.5 Å². The van der Waals surface area contributed by atoms with Gasteiger partial charge in [0.2, 0.25) is 0 Å². The van der Waals surface area contributed by atoms with Crippen LogP contribution in [0.1, 0.15) is 23.5 Å². The van der Waals surface area contributed by atoms with Crippen molar-refractivity contribution in [3.05, 3.63) is 72.2 Å². The zero-order valence-corrected chi connectivity index (χ0v) is 13.1. The summed E-state index contributed by atoms with van der Waals surface area (Å²) in [4.78, 5) is 0. The van der Waals surface area contributed by atoms with Crippen molar-refractivity contribution in [1.29, 1.82) is 0 Å². The maximum atomic E-state index is 6.25. The summed E-state index contributed by atoms with van der Waals surface area (Å²) in [6, 6.07) is 17.0. The molecule has 0 saturated carbocycles. The van der Waals surface area contributed by atoms with Gasteiger partial charge in [0.05, 0.1) is 25.2 Å². The first-order valence-electron chi connectivity index (χ1n) is 8.22. The Hall–Kier alpha value is -2.10. The molecule has 0 aliphatic carbocycles. The van der Waals surface area contributed by atoms with E-state index >= 15 is 0 Å². The van der Waals surface area contributed by atoms with Gasteiger partial charge in [0.1, 0.15) is 0 Å². The highest BCUT2D eigenvalue weighted by atomic mass is 16.5. The van der Waals surface area contributed by atoms with E-state index in [-0.39, 0.29) is 6.10 Å². The van der Waals surface area contributed by atoms with Gasteiger partial charge in [0.25, 0.3) is 0 Å². The maximum absolute atomic E-state index is 6.25. The molecule has 0 amide bonds. The third-order valence-corrected chi connectivity index (χ3v) is 4.68. The highest BCUT2D eigenvalue weighted by Crippen LogP contribution is 2.29. The van der Waals surface area contributed by atoms with Crippen LogP contribution in [0.5, 0.6) is 0 Å². The minimum absolute atomic E-state index is 0.188. The maximum Gasteiger partial charge on any atom is 0.0938 e. The predicted molar refractivity (Wildman–Crippen MR) is 91.5 cm³/mol. The Bertz CT molecular complexity index is 766. The molecule has 23 heavy (non-hydrogen) atoms. The SMILES string of the molecule is c1ccc2cc(CO[C@H]3CNCC[C@@H]3c3ccoc3)ccc2c1. The standard InChI is InChI=1S/C20H21NO2/c1-2-4-17-11-15(5-6-16(17)3-1)13-23-20-12-21-9-7-19(20)18-8-10-22-14-18/h1-6,8,10-11,14,19-21H,7,9,12-13H2/t19-,20+/m1/s1. The van der Waals surface area contributed by atoms with E-state index in [2.05, 4.69) is 53.8 Å². The molecule has 1 fully saturated rings. The van der Waals surface area contributed by atoms with Crippen LogP contribution >= 0.6 is 0 Å². The van der Waals surface area contributed by atoms with Crippen molar-refractivity contribution >= 4 is 10.8 Å². The van der Waals surface area contributed by atoms with E-state index < -0.39 is 0 Å². The minimum Gasteiger partial charge on any atom is -0.472 e. The molecule has 0 bridgehead atoms. The number of piperidine rings is 1. The summed E-state index contributed by atoms with van der Waals surface area (Å²) in [7, 11) is 0. The molecule has 1 aliphatic rings. The van der Waals surface area contributed by atoms with Gasteiger partial charge in [-0.25, -0.2) is 0 Å². The molecule has 1 aliphatic heterocycles. The zero-order chi connectivity index (χ0) is 15.5. The first-order valence-corrected chi connectivity index (χ1v) is 8.22. The summed E-state index contributed by atoms with van der Waals surface area (Å²) in [6.07, 6.45) is 4.87. The largest absolute Gasteiger partial charge is 0.472 e. The van der Waals surface area contributed by atoms with Crippen LogP contribution in [-0.2, 0) is 11.3 Å². The zero-order valence-electron chi connectivity index (χ0n) is 13.1. The van der Waals surface area contributed by atoms with Crippen LogP contribution < -0.4 is 5.32 Å². The van der Waals surface area contributed by atoms with Crippen molar-refractivity contribution in [2.75, 3.05) is 13.1 Å². The summed E-state index contributed by atoms with van der Waals surface area (Å²) >= 11 is 0. The van der Waals surface area contributed by atoms with Crippen molar-refractivity contribution in [3.8, 4) is 0 Å². The molecule has 0 unspecified atom stereocenters. The van der Waals surface area contributed by atoms with Crippen molar-refractivity contribution in [1.82, 2.24) is 5.32 Å². The first-order chi connectivity index (χ1) is 11.4. The highest BCUT2D eigenvalue weighted by Gasteiger charge is 2.27. The van der Waals surface area contributed by atoms with E-state index in [1.807, 2.05) is 6.26 Å². The molecule has 118 valence electrons. The highest BCUT2D eigenvalue weighted by molar-refractivity contribution is 5.82. The van der Waals surface area contributed by atoms with Crippen molar-refractivity contribution in [2.45, 2.75) is 25.0 Å². The molecule has 0 radical (unpaired) electrons. The van der Waals surface area contributed by atoms with E-state index in [9.17, 15) is 0 Å². The molecule has 4 rings (SSSR count). The quantitative estimate of drug-likeness (QED) is 0.788. The molecule has 2 heterocycles. The second-order valence-electron chi connectivity index (χ2n) is 6.19. The summed E-state index contributed by atoms with van der Waals surface area (Å²) in [5, 5.41) is 5.97. The molecule has 3 nitrogen and oxygen atoms in total. The van der Waals surface area contributed by atoms with Gasteiger partial charge in [-0.1, -0.05) is 36.4 Å². The van der Waals surface area contributed by atoms with E-state index in [4.69, 9.17) is 9.15 Å². The monoisotopic (exact) mass is 307 g/mol. The number of fused-ring (bicyclic) bond motifs is 1. The molecule has 3 heteroatoms. The molecule has 1 N–H and O–H groups in total. The Morgan fingerprint density at radius 1 is 1.09 bits per heavy atom. The number of rotatable bonds is 4. The van der Waals surface area contributed by atoms with Gasteiger partial charge < -0.3 is 14.5 Å². The molecule has 3 aromatic rings. The van der Waals surface area contributed by atoms with Gasteiger partial charge in [-0.15, -0.1) is 0 Å². The molecule has 1 saturated heterocycles. The number of furan rings is 1. The van der Waals surface area contributed by atoms with Crippen LogP contribution in [0.4, 0.5) is 0 Å². The lowest BCUT2D eigenvalue weighted by Crippen LogP contribution is -2.40. The summed E-state index contributed by atoms with van der Waals surface area (Å²) < 4.78 is 11.5. The topological polar surface area (TPSA) is 34.4 Å². The smallest absolute Gasteiger partial charge is 0.0938 e. The van der Waals surface area contributed by atoms with Crippen LogP contribution in [0.3, 0.4) is 0 Å². The molecule has 2 atom stereocenters. The lowest BCUT2D eigenvalue weighted by Gasteiger charge is -2.31. The third kappa shape index (κ3) is 3.16. The van der Waals surface area contributed by atoms with E-state index in [0.717, 1.165) is 19.5 Å². The summed E-state index contributed by atoms with van der Waals surface area (Å²) in [5.74, 6) is 0.412. The first kappa shape index (κ1) is 14.5. The predicted octanol–water partition coefficient (Wildman–Crippen LogP) is 4.10. The second-order valence-corrected chi connectivity index (χ2v) is 6.19. The van der Waals surface area contributed by atoms with Gasteiger partial charge in [-0.2, -0.15) is 0 Å². The molecular weight excluding hydrogens is 286 g/mol. The number of ether oxygens (including phenoxy) is 1.